The fourth-order valence-corrected chi connectivity index (χ4v) is 2.05. The van der Waals surface area contributed by atoms with Crippen LogP contribution in [-0.2, 0) is 11.2 Å². The first kappa shape index (κ1) is 15.4. The maximum absolute atomic E-state index is 13.5. The van der Waals surface area contributed by atoms with E-state index in [4.69, 9.17) is 16.3 Å². The molecule has 0 aliphatic rings. The van der Waals surface area contributed by atoms with Crippen molar-refractivity contribution in [3.05, 3.63) is 34.6 Å². The van der Waals surface area contributed by atoms with Crippen LogP contribution in [0, 0.1) is 5.82 Å². The van der Waals surface area contributed by atoms with E-state index in [2.05, 4.69) is 12.2 Å². The summed E-state index contributed by atoms with van der Waals surface area (Å²) < 4.78 is 18.7. The molecule has 1 rings (SSSR count). The van der Waals surface area contributed by atoms with Crippen LogP contribution in [0.4, 0.5) is 4.39 Å². The first-order valence-electron chi connectivity index (χ1n) is 6.33. The average molecular weight is 274 g/mol. The molecule has 1 N–H and O–H groups in total. The Kier molecular flexibility index (Phi) is 7.25. The molecule has 2 nitrogen and oxygen atoms in total. The van der Waals surface area contributed by atoms with E-state index in [-0.39, 0.29) is 11.9 Å². The molecule has 4 heteroatoms. The summed E-state index contributed by atoms with van der Waals surface area (Å²) in [6, 6.07) is 4.94. The molecule has 0 aromatic heterocycles. The van der Waals surface area contributed by atoms with Crippen LogP contribution in [-0.4, -0.2) is 26.3 Å². The lowest BCUT2D eigenvalue weighted by Crippen LogP contribution is -2.34. The van der Waals surface area contributed by atoms with Gasteiger partial charge in [-0.05, 0) is 49.6 Å². The summed E-state index contributed by atoms with van der Waals surface area (Å²) >= 11 is 5.87. The van der Waals surface area contributed by atoms with Crippen molar-refractivity contribution in [1.29, 1.82) is 0 Å². The van der Waals surface area contributed by atoms with E-state index in [1.807, 2.05) is 0 Å². The Morgan fingerprint density at radius 1 is 1.44 bits per heavy atom. The van der Waals surface area contributed by atoms with Gasteiger partial charge < -0.3 is 10.1 Å². The first-order chi connectivity index (χ1) is 8.67. The van der Waals surface area contributed by atoms with Gasteiger partial charge in [-0.25, -0.2) is 4.39 Å². The predicted molar refractivity (Wildman–Crippen MR) is 73.7 cm³/mol. The summed E-state index contributed by atoms with van der Waals surface area (Å²) in [5, 5.41) is 3.97. The highest BCUT2D eigenvalue weighted by Gasteiger charge is 2.10. The Hall–Kier alpha value is -0.640. The van der Waals surface area contributed by atoms with Crippen molar-refractivity contribution in [2.24, 2.45) is 0 Å². The van der Waals surface area contributed by atoms with E-state index >= 15 is 0 Å². The summed E-state index contributed by atoms with van der Waals surface area (Å²) in [7, 11) is 1.68. The zero-order valence-corrected chi connectivity index (χ0v) is 11.8. The van der Waals surface area contributed by atoms with Crippen LogP contribution in [0.15, 0.2) is 18.2 Å². The highest BCUT2D eigenvalue weighted by atomic mass is 35.5. The summed E-state index contributed by atoms with van der Waals surface area (Å²) in [6.45, 7) is 3.71. The molecule has 1 aromatic rings. The molecule has 0 saturated heterocycles. The minimum absolute atomic E-state index is 0.189. The molecule has 0 spiro atoms. The number of benzene rings is 1. The maximum atomic E-state index is 13.5. The Morgan fingerprint density at radius 2 is 2.22 bits per heavy atom. The van der Waals surface area contributed by atoms with E-state index < -0.39 is 0 Å². The van der Waals surface area contributed by atoms with Crippen molar-refractivity contribution in [3.8, 4) is 0 Å². The number of ether oxygens (including phenoxy) is 1. The molecule has 1 aromatic carbocycles. The number of hydrogen-bond donors (Lipinski definition) is 1. The molecule has 18 heavy (non-hydrogen) atoms. The Labute approximate surface area is 113 Å². The van der Waals surface area contributed by atoms with Crippen molar-refractivity contribution in [2.45, 2.75) is 32.2 Å². The Balaban J connectivity index is 2.52. The molecule has 0 saturated carbocycles. The minimum Gasteiger partial charge on any atom is -0.383 e. The van der Waals surface area contributed by atoms with Gasteiger partial charge in [-0.1, -0.05) is 18.5 Å². The van der Waals surface area contributed by atoms with E-state index in [1.54, 1.807) is 19.2 Å². The third-order valence-corrected chi connectivity index (χ3v) is 3.06. The summed E-state index contributed by atoms with van der Waals surface area (Å²) in [4.78, 5) is 0. The zero-order chi connectivity index (χ0) is 13.4. The molecule has 102 valence electrons. The fraction of sp³-hybridized carbons (Fsp3) is 0.571. The van der Waals surface area contributed by atoms with Crippen molar-refractivity contribution < 1.29 is 9.13 Å². The molecule has 1 unspecified atom stereocenters. The van der Waals surface area contributed by atoms with Crippen molar-refractivity contribution in [3.63, 3.8) is 0 Å². The van der Waals surface area contributed by atoms with Crippen LogP contribution >= 0.6 is 11.6 Å². The number of halogens is 2. The van der Waals surface area contributed by atoms with Gasteiger partial charge in [-0.3, -0.25) is 0 Å². The number of aryl methyl sites for hydroxylation is 1. The Bertz CT molecular complexity index is 360. The summed E-state index contributed by atoms with van der Waals surface area (Å²) in [5.74, 6) is -0.189. The normalized spacial score (nSPS) is 12.7. The van der Waals surface area contributed by atoms with Crippen LogP contribution in [0.2, 0.25) is 5.02 Å². The monoisotopic (exact) mass is 273 g/mol. The van der Waals surface area contributed by atoms with Crippen molar-refractivity contribution >= 4 is 11.6 Å². The predicted octanol–water partition coefficient (Wildman–Crippen LogP) is 3.43. The average Bonchev–Trinajstić information content (AvgIpc) is 2.36. The van der Waals surface area contributed by atoms with Gasteiger partial charge in [0.15, 0.2) is 0 Å². The molecule has 0 amide bonds. The molecule has 1 atom stereocenters. The molecule has 0 heterocycles. The smallest absolute Gasteiger partial charge is 0.126 e. The highest BCUT2D eigenvalue weighted by Crippen LogP contribution is 2.17. The van der Waals surface area contributed by atoms with E-state index in [0.29, 0.717) is 23.6 Å². The largest absolute Gasteiger partial charge is 0.383 e. The third-order valence-electron chi connectivity index (χ3n) is 2.82. The van der Waals surface area contributed by atoms with Gasteiger partial charge in [0.25, 0.3) is 0 Å². The molecule has 0 radical (unpaired) electrons. The topological polar surface area (TPSA) is 21.3 Å². The van der Waals surface area contributed by atoms with Crippen LogP contribution in [0.3, 0.4) is 0 Å². The third kappa shape index (κ3) is 5.34. The van der Waals surface area contributed by atoms with Crippen LogP contribution in [0.5, 0.6) is 0 Å². The number of nitrogens with one attached hydrogen (secondary N) is 1. The zero-order valence-electron chi connectivity index (χ0n) is 11.0. The molecular formula is C14H21ClFNO. The molecular weight excluding hydrogens is 253 g/mol. The Morgan fingerprint density at radius 3 is 2.89 bits per heavy atom. The summed E-state index contributed by atoms with van der Waals surface area (Å²) in [5.41, 5.74) is 0.668. The molecule has 0 bridgehead atoms. The molecule has 0 fully saturated rings. The quantitative estimate of drug-likeness (QED) is 0.784. The van der Waals surface area contributed by atoms with Gasteiger partial charge >= 0.3 is 0 Å². The van der Waals surface area contributed by atoms with E-state index in [1.165, 1.54) is 6.07 Å². The SMILES string of the molecule is CCCNC(CCc1cc(Cl)ccc1F)COC. The van der Waals surface area contributed by atoms with Crippen molar-refractivity contribution in [1.82, 2.24) is 5.32 Å². The lowest BCUT2D eigenvalue weighted by Gasteiger charge is -2.17. The van der Waals surface area contributed by atoms with Gasteiger partial charge in [-0.2, -0.15) is 0 Å². The second-order valence-corrected chi connectivity index (χ2v) is 4.82. The lowest BCUT2D eigenvalue weighted by atomic mass is 10.0. The minimum atomic E-state index is -0.189. The standard InChI is InChI=1S/C14H21ClFNO/c1-3-8-17-13(10-18-2)6-4-11-9-12(15)5-7-14(11)16/h5,7,9,13,17H,3-4,6,8,10H2,1-2H3. The van der Waals surface area contributed by atoms with Gasteiger partial charge in [0.1, 0.15) is 5.82 Å². The lowest BCUT2D eigenvalue weighted by molar-refractivity contribution is 0.162. The molecule has 0 aliphatic heterocycles. The first-order valence-corrected chi connectivity index (χ1v) is 6.71. The van der Waals surface area contributed by atoms with Gasteiger partial charge in [-0.15, -0.1) is 0 Å². The second-order valence-electron chi connectivity index (χ2n) is 4.38. The summed E-state index contributed by atoms with van der Waals surface area (Å²) in [6.07, 6.45) is 2.58. The van der Waals surface area contributed by atoms with E-state index in [9.17, 15) is 4.39 Å². The highest BCUT2D eigenvalue weighted by molar-refractivity contribution is 6.30. The second kappa shape index (κ2) is 8.46. The van der Waals surface area contributed by atoms with Crippen LogP contribution in [0.25, 0.3) is 0 Å². The molecule has 0 aliphatic carbocycles. The van der Waals surface area contributed by atoms with E-state index in [0.717, 1.165) is 19.4 Å². The fourth-order valence-electron chi connectivity index (χ4n) is 1.86. The number of hydrogen-bond acceptors (Lipinski definition) is 2. The van der Waals surface area contributed by atoms with Gasteiger partial charge in [0, 0.05) is 18.2 Å². The number of rotatable bonds is 8. The maximum Gasteiger partial charge on any atom is 0.126 e. The number of methoxy groups -OCH3 is 1. The van der Waals surface area contributed by atoms with Gasteiger partial charge in [0.2, 0.25) is 0 Å². The van der Waals surface area contributed by atoms with Gasteiger partial charge in [0.05, 0.1) is 6.61 Å². The van der Waals surface area contributed by atoms with Crippen molar-refractivity contribution in [2.75, 3.05) is 20.3 Å². The van der Waals surface area contributed by atoms with Crippen LogP contribution < -0.4 is 5.32 Å². The van der Waals surface area contributed by atoms with Crippen LogP contribution in [0.1, 0.15) is 25.3 Å².